The van der Waals surface area contributed by atoms with Crippen LogP contribution in [0.25, 0.3) is 22.4 Å². The Labute approximate surface area is 106 Å². The molecule has 96 valence electrons. The molecule has 1 heterocycles. The Morgan fingerprint density at radius 2 is 1.84 bits per heavy atom. The smallest absolute Gasteiger partial charge is 0.186 e. The van der Waals surface area contributed by atoms with Crippen molar-refractivity contribution >= 4 is 11.0 Å². The van der Waals surface area contributed by atoms with E-state index in [4.69, 9.17) is 0 Å². The molecule has 3 aromatic rings. The van der Waals surface area contributed by atoms with Gasteiger partial charge >= 0.3 is 0 Å². The first-order valence-electron chi connectivity index (χ1n) is 5.66. The molecule has 5 heteroatoms. The molecular formula is C14H9F3N2. The zero-order chi connectivity index (χ0) is 13.6. The van der Waals surface area contributed by atoms with Crippen LogP contribution in [0.3, 0.4) is 0 Å². The highest BCUT2D eigenvalue weighted by molar-refractivity contribution is 5.80. The van der Waals surface area contributed by atoms with Crippen LogP contribution in [0.4, 0.5) is 13.2 Å². The number of nitrogens with one attached hydrogen (secondary N) is 1. The van der Waals surface area contributed by atoms with E-state index in [0.717, 1.165) is 11.6 Å². The summed E-state index contributed by atoms with van der Waals surface area (Å²) in [5.41, 5.74) is 1.61. The molecule has 0 saturated carbocycles. The summed E-state index contributed by atoms with van der Waals surface area (Å²) in [7, 11) is 0. The van der Waals surface area contributed by atoms with Crippen molar-refractivity contribution < 1.29 is 13.2 Å². The average Bonchev–Trinajstić information content (AvgIpc) is 2.81. The van der Waals surface area contributed by atoms with Crippen molar-refractivity contribution in [3.63, 3.8) is 0 Å². The number of aromatic nitrogens is 2. The van der Waals surface area contributed by atoms with Gasteiger partial charge in [-0.1, -0.05) is 6.07 Å². The van der Waals surface area contributed by atoms with E-state index >= 15 is 0 Å². The minimum atomic E-state index is -1.01. The zero-order valence-corrected chi connectivity index (χ0v) is 9.97. The Morgan fingerprint density at radius 1 is 1.05 bits per heavy atom. The summed E-state index contributed by atoms with van der Waals surface area (Å²) in [6.07, 6.45) is 0. The van der Waals surface area contributed by atoms with Gasteiger partial charge in [-0.15, -0.1) is 0 Å². The molecule has 1 aromatic heterocycles. The van der Waals surface area contributed by atoms with Crippen LogP contribution in [0.2, 0.25) is 0 Å². The summed E-state index contributed by atoms with van der Waals surface area (Å²) in [5.74, 6) is -2.06. The van der Waals surface area contributed by atoms with Gasteiger partial charge in [-0.05, 0) is 36.8 Å². The molecule has 3 rings (SSSR count). The van der Waals surface area contributed by atoms with Crippen molar-refractivity contribution in [2.24, 2.45) is 0 Å². The molecule has 0 bridgehead atoms. The van der Waals surface area contributed by atoms with E-state index in [2.05, 4.69) is 9.97 Å². The van der Waals surface area contributed by atoms with Crippen molar-refractivity contribution in [3.8, 4) is 11.4 Å². The van der Waals surface area contributed by atoms with Gasteiger partial charge in [0.25, 0.3) is 0 Å². The second kappa shape index (κ2) is 4.12. The lowest BCUT2D eigenvalue weighted by atomic mass is 10.1. The van der Waals surface area contributed by atoms with Crippen LogP contribution >= 0.6 is 0 Å². The number of rotatable bonds is 1. The molecule has 0 spiro atoms. The van der Waals surface area contributed by atoms with Crippen molar-refractivity contribution in [1.29, 1.82) is 0 Å². The number of aromatic amines is 1. The maximum atomic E-state index is 13.6. The molecule has 19 heavy (non-hydrogen) atoms. The molecule has 0 fully saturated rings. The Balaban J connectivity index is 2.26. The molecule has 0 unspecified atom stereocenters. The number of benzene rings is 2. The Kier molecular flexibility index (Phi) is 2.55. The van der Waals surface area contributed by atoms with Crippen LogP contribution in [-0.4, -0.2) is 9.97 Å². The molecule has 0 atom stereocenters. The Morgan fingerprint density at radius 3 is 2.63 bits per heavy atom. The number of nitrogens with zero attached hydrogens (tertiary/aromatic N) is 1. The third-order valence-electron chi connectivity index (χ3n) is 3.00. The topological polar surface area (TPSA) is 28.7 Å². The molecule has 0 aliphatic carbocycles. The first-order chi connectivity index (χ1) is 9.06. The lowest BCUT2D eigenvalue weighted by molar-refractivity contribution is 0.515. The fourth-order valence-electron chi connectivity index (χ4n) is 1.99. The lowest BCUT2D eigenvalue weighted by Crippen LogP contribution is -1.87. The number of H-pyrrole nitrogens is 1. The number of imidazole rings is 1. The normalized spacial score (nSPS) is 11.2. The average molecular weight is 262 g/mol. The summed E-state index contributed by atoms with van der Waals surface area (Å²) in [6.45, 7) is 1.79. The summed E-state index contributed by atoms with van der Waals surface area (Å²) in [4.78, 5) is 6.87. The number of hydrogen-bond donors (Lipinski definition) is 1. The fraction of sp³-hybridized carbons (Fsp3) is 0.0714. The van der Waals surface area contributed by atoms with Gasteiger partial charge in [0.2, 0.25) is 0 Å². The SMILES string of the molecule is Cc1ccc(F)cc1-c1nc2c(F)c(F)ccc2[nH]1. The number of halogens is 3. The van der Waals surface area contributed by atoms with E-state index < -0.39 is 17.5 Å². The van der Waals surface area contributed by atoms with Crippen LogP contribution in [0.1, 0.15) is 5.56 Å². The van der Waals surface area contributed by atoms with Crippen LogP contribution < -0.4 is 0 Å². The molecule has 0 radical (unpaired) electrons. The second-order valence-electron chi connectivity index (χ2n) is 4.30. The molecule has 2 nitrogen and oxygen atoms in total. The van der Waals surface area contributed by atoms with Gasteiger partial charge in [-0.3, -0.25) is 0 Å². The Bertz CT molecular complexity index is 778. The Hall–Kier alpha value is -2.30. The van der Waals surface area contributed by atoms with E-state index in [-0.39, 0.29) is 5.52 Å². The predicted octanol–water partition coefficient (Wildman–Crippen LogP) is 3.96. The highest BCUT2D eigenvalue weighted by Crippen LogP contribution is 2.26. The van der Waals surface area contributed by atoms with Crippen LogP contribution in [0, 0.1) is 24.4 Å². The third kappa shape index (κ3) is 1.87. The first-order valence-corrected chi connectivity index (χ1v) is 5.66. The maximum Gasteiger partial charge on any atom is 0.186 e. The monoisotopic (exact) mass is 262 g/mol. The molecular weight excluding hydrogens is 253 g/mol. The summed E-state index contributed by atoms with van der Waals surface area (Å²) in [5, 5.41) is 0. The van der Waals surface area contributed by atoms with E-state index in [0.29, 0.717) is 16.9 Å². The van der Waals surface area contributed by atoms with Crippen molar-refractivity contribution in [1.82, 2.24) is 9.97 Å². The minimum Gasteiger partial charge on any atom is -0.338 e. The van der Waals surface area contributed by atoms with Crippen molar-refractivity contribution in [2.75, 3.05) is 0 Å². The van der Waals surface area contributed by atoms with Gasteiger partial charge in [-0.2, -0.15) is 0 Å². The summed E-state index contributed by atoms with van der Waals surface area (Å²) < 4.78 is 39.9. The van der Waals surface area contributed by atoms with E-state index in [1.165, 1.54) is 18.2 Å². The van der Waals surface area contributed by atoms with Gasteiger partial charge in [0.05, 0.1) is 5.52 Å². The van der Waals surface area contributed by atoms with Crippen molar-refractivity contribution in [3.05, 3.63) is 53.3 Å². The van der Waals surface area contributed by atoms with E-state index in [9.17, 15) is 13.2 Å². The number of fused-ring (bicyclic) bond motifs is 1. The first kappa shape index (κ1) is 11.8. The molecule has 2 aromatic carbocycles. The molecule has 0 aliphatic rings. The van der Waals surface area contributed by atoms with Crippen LogP contribution in [0.15, 0.2) is 30.3 Å². The second-order valence-corrected chi connectivity index (χ2v) is 4.30. The molecule has 0 amide bonds. The highest BCUT2D eigenvalue weighted by atomic mass is 19.2. The maximum absolute atomic E-state index is 13.6. The standard InChI is InChI=1S/C14H9F3N2/c1-7-2-3-8(15)6-9(7)14-18-11-5-4-10(16)12(17)13(11)19-14/h2-6H,1H3,(H,18,19). The molecule has 0 saturated heterocycles. The minimum absolute atomic E-state index is 0.0846. The number of aryl methyl sites for hydroxylation is 1. The third-order valence-corrected chi connectivity index (χ3v) is 3.00. The lowest BCUT2D eigenvalue weighted by Gasteiger charge is -2.01. The molecule has 0 aliphatic heterocycles. The van der Waals surface area contributed by atoms with Gasteiger partial charge in [0.15, 0.2) is 11.6 Å². The van der Waals surface area contributed by atoms with E-state index in [1.54, 1.807) is 13.0 Å². The zero-order valence-electron chi connectivity index (χ0n) is 9.97. The van der Waals surface area contributed by atoms with Crippen LogP contribution in [-0.2, 0) is 0 Å². The largest absolute Gasteiger partial charge is 0.338 e. The quantitative estimate of drug-likeness (QED) is 0.706. The fourth-order valence-corrected chi connectivity index (χ4v) is 1.99. The van der Waals surface area contributed by atoms with Gasteiger partial charge in [0, 0.05) is 5.56 Å². The summed E-state index contributed by atoms with van der Waals surface area (Å²) in [6, 6.07) is 6.68. The molecule has 1 N–H and O–H groups in total. The van der Waals surface area contributed by atoms with Gasteiger partial charge < -0.3 is 4.98 Å². The van der Waals surface area contributed by atoms with Crippen molar-refractivity contribution in [2.45, 2.75) is 6.92 Å². The van der Waals surface area contributed by atoms with Gasteiger partial charge in [0.1, 0.15) is 17.2 Å². The highest BCUT2D eigenvalue weighted by Gasteiger charge is 2.14. The van der Waals surface area contributed by atoms with Gasteiger partial charge in [-0.25, -0.2) is 18.2 Å². The summed E-state index contributed by atoms with van der Waals surface area (Å²) >= 11 is 0. The predicted molar refractivity (Wildman–Crippen MR) is 66.1 cm³/mol. The van der Waals surface area contributed by atoms with E-state index in [1.807, 2.05) is 0 Å². The van der Waals surface area contributed by atoms with Crippen LogP contribution in [0.5, 0.6) is 0 Å². The number of hydrogen-bond acceptors (Lipinski definition) is 1.